The van der Waals surface area contributed by atoms with Gasteiger partial charge in [-0.2, -0.15) is 0 Å². The highest BCUT2D eigenvalue weighted by Gasteiger charge is 2.40. The van der Waals surface area contributed by atoms with Crippen LogP contribution >= 0.6 is 0 Å². The first-order chi connectivity index (χ1) is 10.6. The van der Waals surface area contributed by atoms with E-state index in [1.165, 1.54) is 0 Å². The molecule has 1 aliphatic rings. The summed E-state index contributed by atoms with van der Waals surface area (Å²) < 4.78 is 1.64. The number of aliphatic hydroxyl groups is 3. The number of aliphatic hydroxyl groups excluding tert-OH is 3. The molecule has 6 N–H and O–H groups in total. The van der Waals surface area contributed by atoms with Crippen molar-refractivity contribution in [2.75, 3.05) is 12.3 Å². The summed E-state index contributed by atoms with van der Waals surface area (Å²) in [5, 5.41) is 40.0. The van der Waals surface area contributed by atoms with Crippen molar-refractivity contribution < 1.29 is 15.3 Å². The summed E-state index contributed by atoms with van der Waals surface area (Å²) in [6.07, 6.45) is -0.361. The molecule has 22 heavy (non-hydrogen) atoms. The van der Waals surface area contributed by atoms with Crippen LogP contribution in [-0.2, 0) is 6.54 Å². The van der Waals surface area contributed by atoms with Crippen LogP contribution in [0.15, 0.2) is 30.5 Å². The number of hydrogen-bond donors (Lipinski definition) is 5. The van der Waals surface area contributed by atoms with Gasteiger partial charge in [0.2, 0.25) is 0 Å². The Hall–Kier alpha value is -2.00. The number of nitrogens with zero attached hydrogens (tertiary/aromatic N) is 3. The van der Waals surface area contributed by atoms with Crippen LogP contribution in [0.2, 0.25) is 0 Å². The number of nitrogens with two attached hydrogens (primary N) is 1. The Kier molecular flexibility index (Phi) is 4.08. The smallest absolute Gasteiger partial charge is 0.0990 e. The Morgan fingerprint density at radius 1 is 1.23 bits per heavy atom. The van der Waals surface area contributed by atoms with Crippen LogP contribution < -0.4 is 11.1 Å². The topological polar surface area (TPSA) is 129 Å². The largest absolute Gasteiger partial charge is 0.399 e. The molecule has 1 aliphatic heterocycles. The summed E-state index contributed by atoms with van der Waals surface area (Å²) in [6.45, 7) is 0.0764. The summed E-state index contributed by atoms with van der Waals surface area (Å²) >= 11 is 0. The second kappa shape index (κ2) is 6.01. The zero-order chi connectivity index (χ0) is 15.7. The lowest BCUT2D eigenvalue weighted by Crippen LogP contribution is -2.38. The van der Waals surface area contributed by atoms with Crippen LogP contribution in [-0.4, -0.2) is 61.2 Å². The zero-order valence-corrected chi connectivity index (χ0v) is 11.9. The van der Waals surface area contributed by atoms with Crippen LogP contribution in [0.1, 0.15) is 0 Å². The van der Waals surface area contributed by atoms with E-state index in [0.717, 1.165) is 11.3 Å². The molecular weight excluding hydrogens is 286 g/mol. The molecule has 0 saturated carbocycles. The van der Waals surface area contributed by atoms with Gasteiger partial charge >= 0.3 is 0 Å². The molecule has 1 fully saturated rings. The summed E-state index contributed by atoms with van der Waals surface area (Å²) in [4.78, 5) is 0. The van der Waals surface area contributed by atoms with Gasteiger partial charge in [-0.3, -0.25) is 0 Å². The molecule has 8 heteroatoms. The number of hydrogen-bond acceptors (Lipinski definition) is 7. The van der Waals surface area contributed by atoms with Gasteiger partial charge in [-0.1, -0.05) is 17.3 Å². The summed E-state index contributed by atoms with van der Waals surface area (Å²) in [7, 11) is 0. The van der Waals surface area contributed by atoms with Crippen LogP contribution in [0.25, 0.3) is 11.3 Å². The minimum Gasteiger partial charge on any atom is -0.399 e. The van der Waals surface area contributed by atoms with Crippen LogP contribution in [0.4, 0.5) is 5.69 Å². The van der Waals surface area contributed by atoms with Crippen LogP contribution in [0, 0.1) is 0 Å². The van der Waals surface area contributed by atoms with E-state index in [1.807, 2.05) is 18.2 Å². The maximum absolute atomic E-state index is 10.1. The first-order valence-electron chi connectivity index (χ1n) is 7.07. The average molecular weight is 305 g/mol. The number of rotatable bonds is 4. The fourth-order valence-electron chi connectivity index (χ4n) is 2.77. The fourth-order valence-corrected chi connectivity index (χ4v) is 2.77. The molecule has 0 amide bonds. The van der Waals surface area contributed by atoms with E-state index in [0.29, 0.717) is 12.2 Å². The van der Waals surface area contributed by atoms with Crippen molar-refractivity contribution >= 4 is 5.69 Å². The third-order valence-corrected chi connectivity index (χ3v) is 3.97. The van der Waals surface area contributed by atoms with Gasteiger partial charge in [0.25, 0.3) is 0 Å². The molecule has 0 unspecified atom stereocenters. The first-order valence-corrected chi connectivity index (χ1v) is 7.07. The molecule has 0 spiro atoms. The number of anilines is 1. The van der Waals surface area contributed by atoms with Gasteiger partial charge in [0.05, 0.1) is 49.3 Å². The van der Waals surface area contributed by atoms with Gasteiger partial charge in [-0.25, -0.2) is 4.68 Å². The van der Waals surface area contributed by atoms with Crippen molar-refractivity contribution in [3.8, 4) is 11.3 Å². The highest BCUT2D eigenvalue weighted by atomic mass is 16.3. The number of nitrogens with one attached hydrogen (secondary N) is 1. The van der Waals surface area contributed by atoms with E-state index < -0.39 is 24.3 Å². The third kappa shape index (κ3) is 2.69. The highest BCUT2D eigenvalue weighted by Crippen LogP contribution is 2.22. The summed E-state index contributed by atoms with van der Waals surface area (Å²) in [5.74, 6) is 0. The number of aromatic nitrogens is 3. The van der Waals surface area contributed by atoms with Crippen molar-refractivity contribution in [2.24, 2.45) is 0 Å². The highest BCUT2D eigenvalue weighted by molar-refractivity contribution is 5.63. The average Bonchev–Trinajstić information content (AvgIpc) is 3.07. The maximum atomic E-state index is 10.1. The fraction of sp³-hybridized carbons (Fsp3) is 0.429. The van der Waals surface area contributed by atoms with Crippen molar-refractivity contribution in [1.29, 1.82) is 0 Å². The van der Waals surface area contributed by atoms with Crippen molar-refractivity contribution in [3.05, 3.63) is 30.5 Å². The number of nitrogen functional groups attached to an aromatic ring is 1. The SMILES string of the molecule is Nc1cccc(-c2cnnn2C[C@H]2N[C@H](CO)[C@@H](O)[C@@H]2O)c1. The molecular formula is C14H19N5O3. The van der Waals surface area contributed by atoms with E-state index in [9.17, 15) is 15.3 Å². The molecule has 1 saturated heterocycles. The minimum atomic E-state index is -1.01. The molecule has 1 aromatic heterocycles. The molecule has 2 heterocycles. The molecule has 1 aromatic carbocycles. The molecule has 0 radical (unpaired) electrons. The molecule has 4 atom stereocenters. The lowest BCUT2D eigenvalue weighted by molar-refractivity contribution is 0.0176. The van der Waals surface area contributed by atoms with Gasteiger partial charge < -0.3 is 26.4 Å². The molecule has 2 aromatic rings. The van der Waals surface area contributed by atoms with Crippen molar-refractivity contribution in [1.82, 2.24) is 20.3 Å². The predicted molar refractivity (Wildman–Crippen MR) is 79.7 cm³/mol. The Labute approximate surface area is 127 Å². The Bertz CT molecular complexity index is 647. The molecule has 118 valence electrons. The lowest BCUT2D eigenvalue weighted by Gasteiger charge is -2.17. The van der Waals surface area contributed by atoms with Crippen LogP contribution in [0.3, 0.4) is 0 Å². The van der Waals surface area contributed by atoms with Gasteiger partial charge in [0, 0.05) is 11.3 Å². The van der Waals surface area contributed by atoms with E-state index >= 15 is 0 Å². The van der Waals surface area contributed by atoms with E-state index in [2.05, 4.69) is 15.6 Å². The van der Waals surface area contributed by atoms with Crippen molar-refractivity contribution in [3.63, 3.8) is 0 Å². The van der Waals surface area contributed by atoms with Gasteiger partial charge in [0.1, 0.15) is 0 Å². The second-order valence-electron chi connectivity index (χ2n) is 5.47. The number of benzene rings is 1. The Morgan fingerprint density at radius 2 is 2.00 bits per heavy atom. The first kappa shape index (κ1) is 14.9. The predicted octanol–water partition coefficient (Wildman–Crippen LogP) is -1.42. The monoisotopic (exact) mass is 305 g/mol. The van der Waals surface area contributed by atoms with Gasteiger partial charge in [-0.15, -0.1) is 5.10 Å². The Morgan fingerprint density at radius 3 is 2.68 bits per heavy atom. The zero-order valence-electron chi connectivity index (χ0n) is 11.9. The molecule has 3 rings (SSSR count). The normalized spacial score (nSPS) is 28.1. The van der Waals surface area contributed by atoms with E-state index in [-0.39, 0.29) is 6.61 Å². The standard InChI is InChI=1S/C14H19N5O3/c15-9-3-1-2-8(4-9)12-5-16-18-19(12)6-10-13(21)14(22)11(7-20)17-10/h1-5,10-11,13-14,17,20-22H,6-7,15H2/t10-,11-,13-,14-/m1/s1. The van der Waals surface area contributed by atoms with Gasteiger partial charge in [0.15, 0.2) is 0 Å². The molecule has 8 nitrogen and oxygen atoms in total. The quantitative estimate of drug-likeness (QED) is 0.438. The molecule has 0 aliphatic carbocycles. The summed E-state index contributed by atoms with van der Waals surface area (Å²) in [6, 6.07) is 6.39. The lowest BCUT2D eigenvalue weighted by atomic mass is 10.1. The minimum absolute atomic E-state index is 0.242. The van der Waals surface area contributed by atoms with E-state index in [4.69, 9.17) is 5.73 Å². The van der Waals surface area contributed by atoms with E-state index in [1.54, 1.807) is 16.9 Å². The second-order valence-corrected chi connectivity index (χ2v) is 5.47. The van der Waals surface area contributed by atoms with Crippen molar-refractivity contribution in [2.45, 2.75) is 30.8 Å². The summed E-state index contributed by atoms with van der Waals surface area (Å²) in [5.41, 5.74) is 8.07. The maximum Gasteiger partial charge on any atom is 0.0990 e. The third-order valence-electron chi connectivity index (χ3n) is 3.97. The van der Waals surface area contributed by atoms with Gasteiger partial charge in [-0.05, 0) is 12.1 Å². The molecule has 0 bridgehead atoms. The Balaban J connectivity index is 1.82. The van der Waals surface area contributed by atoms with Crippen LogP contribution in [0.5, 0.6) is 0 Å².